The smallest absolute Gasteiger partial charge is 0.306 e. The van der Waals surface area contributed by atoms with Crippen LogP contribution in [0.1, 0.15) is 118 Å². The van der Waals surface area contributed by atoms with Crippen LogP contribution in [0.4, 0.5) is 0 Å². The molecule has 192 valence electrons. The molecule has 0 aromatic rings. The highest BCUT2D eigenvalue weighted by Crippen LogP contribution is 2.40. The van der Waals surface area contributed by atoms with E-state index in [0.717, 1.165) is 38.5 Å². The van der Waals surface area contributed by atoms with Crippen molar-refractivity contribution in [1.29, 1.82) is 0 Å². The quantitative estimate of drug-likeness (QED) is 0.141. The third kappa shape index (κ3) is 13.3. The molecular formula is C28H50O5. The normalized spacial score (nSPS) is 23.2. The number of hydrogen-bond donors (Lipinski definition) is 1. The van der Waals surface area contributed by atoms with Crippen LogP contribution in [0.2, 0.25) is 0 Å². The highest BCUT2D eigenvalue weighted by Gasteiger charge is 2.42. The van der Waals surface area contributed by atoms with Gasteiger partial charge in [0.15, 0.2) is 0 Å². The highest BCUT2D eigenvalue weighted by atomic mass is 16.5. The number of allylic oxidation sites excluding steroid dienone is 2. The molecule has 0 unspecified atom stereocenters. The Bertz CT molecular complexity index is 569. The van der Waals surface area contributed by atoms with E-state index in [1.807, 2.05) is 27.7 Å². The molecule has 0 saturated heterocycles. The fourth-order valence-electron chi connectivity index (χ4n) is 4.82. The average molecular weight is 467 g/mol. The number of carbonyl (C=O) groups is 2. The molecule has 5 heteroatoms. The van der Waals surface area contributed by atoms with Crippen molar-refractivity contribution in [1.82, 2.24) is 0 Å². The average Bonchev–Trinajstić information content (AvgIpc) is 3.01. The van der Waals surface area contributed by atoms with Gasteiger partial charge in [-0.1, -0.05) is 44.8 Å². The molecule has 0 heterocycles. The maximum atomic E-state index is 12.4. The summed E-state index contributed by atoms with van der Waals surface area (Å²) in [6.45, 7) is 9.98. The van der Waals surface area contributed by atoms with Crippen molar-refractivity contribution >= 4 is 11.8 Å². The number of aliphatic hydroxyl groups excluding tert-OH is 1. The first kappa shape index (κ1) is 29.8. The molecule has 1 fully saturated rings. The minimum atomic E-state index is -0.395. The lowest BCUT2D eigenvalue weighted by molar-refractivity contribution is -0.147. The van der Waals surface area contributed by atoms with Gasteiger partial charge >= 0.3 is 5.97 Å². The van der Waals surface area contributed by atoms with Crippen LogP contribution >= 0.6 is 0 Å². The number of ether oxygens (including phenoxy) is 2. The maximum absolute atomic E-state index is 12.4. The summed E-state index contributed by atoms with van der Waals surface area (Å²) in [6, 6.07) is 0. The van der Waals surface area contributed by atoms with Gasteiger partial charge in [0.2, 0.25) is 0 Å². The zero-order valence-corrected chi connectivity index (χ0v) is 21.9. The second kappa shape index (κ2) is 17.3. The van der Waals surface area contributed by atoms with Gasteiger partial charge < -0.3 is 14.6 Å². The minimum Gasteiger partial charge on any atom is -0.463 e. The molecule has 1 N–H and O–H groups in total. The van der Waals surface area contributed by atoms with Gasteiger partial charge in [-0.2, -0.15) is 0 Å². The SMILES string of the molecule is CCCCCCCC(=O)CC[C@@H]1[C@@H](C/C=C\CCCC(=O)OC(C)C)[C@@H](O)C[C@H]1OC(C)C. The van der Waals surface area contributed by atoms with E-state index in [2.05, 4.69) is 19.1 Å². The van der Waals surface area contributed by atoms with E-state index in [4.69, 9.17) is 9.47 Å². The van der Waals surface area contributed by atoms with E-state index in [1.54, 1.807) is 0 Å². The van der Waals surface area contributed by atoms with Gasteiger partial charge in [-0.15, -0.1) is 0 Å². The molecule has 0 aromatic carbocycles. The molecule has 0 aromatic heterocycles. The van der Waals surface area contributed by atoms with Crippen molar-refractivity contribution in [2.45, 2.75) is 143 Å². The van der Waals surface area contributed by atoms with Crippen LogP contribution < -0.4 is 0 Å². The van der Waals surface area contributed by atoms with Crippen molar-refractivity contribution in [3.8, 4) is 0 Å². The largest absolute Gasteiger partial charge is 0.463 e. The first-order valence-corrected chi connectivity index (χ1v) is 13.4. The molecular weight excluding hydrogens is 416 g/mol. The van der Waals surface area contributed by atoms with Gasteiger partial charge in [0.1, 0.15) is 5.78 Å². The van der Waals surface area contributed by atoms with E-state index in [9.17, 15) is 14.7 Å². The van der Waals surface area contributed by atoms with E-state index in [1.165, 1.54) is 19.3 Å². The van der Waals surface area contributed by atoms with Crippen LogP contribution in [0.3, 0.4) is 0 Å². The zero-order chi connectivity index (χ0) is 24.6. The molecule has 1 rings (SSSR count). The van der Waals surface area contributed by atoms with Crippen molar-refractivity contribution in [3.05, 3.63) is 12.2 Å². The summed E-state index contributed by atoms with van der Waals surface area (Å²) in [7, 11) is 0. The summed E-state index contributed by atoms with van der Waals surface area (Å²) in [5.41, 5.74) is 0. The highest BCUT2D eigenvalue weighted by molar-refractivity contribution is 5.78. The lowest BCUT2D eigenvalue weighted by atomic mass is 9.85. The van der Waals surface area contributed by atoms with Gasteiger partial charge in [-0.25, -0.2) is 0 Å². The lowest BCUT2D eigenvalue weighted by Crippen LogP contribution is -2.26. The predicted octanol–water partition coefficient (Wildman–Crippen LogP) is 6.56. The Morgan fingerprint density at radius 3 is 2.30 bits per heavy atom. The Morgan fingerprint density at radius 2 is 1.64 bits per heavy atom. The van der Waals surface area contributed by atoms with Crippen LogP contribution in [0, 0.1) is 11.8 Å². The minimum absolute atomic E-state index is 0.0153. The number of esters is 1. The summed E-state index contributed by atoms with van der Waals surface area (Å²) in [5.74, 6) is 0.525. The molecule has 0 aliphatic heterocycles. The Labute approximate surface area is 202 Å². The number of hydrogen-bond acceptors (Lipinski definition) is 5. The molecule has 5 nitrogen and oxygen atoms in total. The summed E-state index contributed by atoms with van der Waals surface area (Å²) >= 11 is 0. The van der Waals surface area contributed by atoms with Gasteiger partial charge in [0.05, 0.1) is 24.4 Å². The number of Topliss-reactive ketones (excluding diaryl/α,β-unsaturated/α-hetero) is 1. The van der Waals surface area contributed by atoms with Gasteiger partial charge in [0.25, 0.3) is 0 Å². The van der Waals surface area contributed by atoms with Crippen molar-refractivity contribution in [3.63, 3.8) is 0 Å². The second-order valence-corrected chi connectivity index (χ2v) is 10.2. The molecule has 4 atom stereocenters. The molecule has 0 radical (unpaired) electrons. The number of carbonyl (C=O) groups excluding carboxylic acids is 2. The maximum Gasteiger partial charge on any atom is 0.306 e. The summed E-state index contributed by atoms with van der Waals surface area (Å²) in [4.78, 5) is 24.1. The van der Waals surface area contributed by atoms with Crippen molar-refractivity contribution < 1.29 is 24.2 Å². The fraction of sp³-hybridized carbons (Fsp3) is 0.857. The lowest BCUT2D eigenvalue weighted by Gasteiger charge is -2.26. The topological polar surface area (TPSA) is 72.8 Å². The van der Waals surface area contributed by atoms with Crippen LogP contribution in [0.25, 0.3) is 0 Å². The van der Waals surface area contributed by atoms with Crippen LogP contribution in [0.15, 0.2) is 12.2 Å². The molecule has 33 heavy (non-hydrogen) atoms. The van der Waals surface area contributed by atoms with E-state index in [0.29, 0.717) is 31.5 Å². The fourth-order valence-corrected chi connectivity index (χ4v) is 4.82. The monoisotopic (exact) mass is 466 g/mol. The van der Waals surface area contributed by atoms with Gasteiger partial charge in [-0.05, 0) is 71.6 Å². The van der Waals surface area contributed by atoms with E-state index in [-0.39, 0.29) is 36.1 Å². The van der Waals surface area contributed by atoms with Gasteiger partial charge in [-0.3, -0.25) is 9.59 Å². The number of unbranched alkanes of at least 4 members (excludes halogenated alkanes) is 5. The van der Waals surface area contributed by atoms with E-state index < -0.39 is 6.10 Å². The third-order valence-electron chi connectivity index (χ3n) is 6.45. The molecule has 1 saturated carbocycles. The zero-order valence-electron chi connectivity index (χ0n) is 21.9. The van der Waals surface area contributed by atoms with Crippen molar-refractivity contribution in [2.24, 2.45) is 11.8 Å². The van der Waals surface area contributed by atoms with Crippen molar-refractivity contribution in [2.75, 3.05) is 0 Å². The molecule has 0 spiro atoms. The first-order valence-electron chi connectivity index (χ1n) is 13.4. The number of rotatable bonds is 18. The molecule has 1 aliphatic rings. The predicted molar refractivity (Wildman–Crippen MR) is 134 cm³/mol. The molecule has 0 amide bonds. The first-order chi connectivity index (χ1) is 15.7. The van der Waals surface area contributed by atoms with Crippen LogP contribution in [0.5, 0.6) is 0 Å². The van der Waals surface area contributed by atoms with Crippen LogP contribution in [-0.4, -0.2) is 41.3 Å². The standard InChI is InChI=1S/C28H50O5/c1-6-7-8-9-12-15-23(29)18-19-25-24(26(30)20-27(25)32-21(2)3)16-13-10-11-14-17-28(31)33-22(4)5/h10,13,21-22,24-27,30H,6-9,11-12,14-20H2,1-5H3/b13-10-/t24-,25-,26+,27-/m1/s1. The Morgan fingerprint density at radius 1 is 0.909 bits per heavy atom. The molecule has 1 aliphatic carbocycles. The Hall–Kier alpha value is -1.20. The summed E-state index contributed by atoms with van der Waals surface area (Å²) in [6.07, 6.45) is 15.2. The summed E-state index contributed by atoms with van der Waals surface area (Å²) < 4.78 is 11.3. The van der Waals surface area contributed by atoms with Crippen LogP contribution in [-0.2, 0) is 19.1 Å². The Kier molecular flexibility index (Phi) is 15.6. The Balaban J connectivity index is 2.50. The number of ketones is 1. The number of aliphatic hydroxyl groups is 1. The summed E-state index contributed by atoms with van der Waals surface area (Å²) in [5, 5.41) is 10.7. The molecule has 0 bridgehead atoms. The third-order valence-corrected chi connectivity index (χ3v) is 6.45. The second-order valence-electron chi connectivity index (χ2n) is 10.2. The van der Waals surface area contributed by atoms with Gasteiger partial charge in [0, 0.05) is 25.7 Å². The van der Waals surface area contributed by atoms with E-state index >= 15 is 0 Å².